The van der Waals surface area contributed by atoms with Crippen molar-refractivity contribution in [1.82, 2.24) is 4.98 Å². The highest BCUT2D eigenvalue weighted by Gasteiger charge is 2.22. The first-order chi connectivity index (χ1) is 9.38. The van der Waals surface area contributed by atoms with Crippen LogP contribution in [-0.2, 0) is 6.61 Å². The van der Waals surface area contributed by atoms with Crippen molar-refractivity contribution in [2.75, 3.05) is 0 Å². The number of nitrogens with zero attached hydrogens (tertiary/aromatic N) is 1. The first-order valence-corrected chi connectivity index (χ1v) is 7.42. The van der Waals surface area contributed by atoms with E-state index in [1.54, 1.807) is 6.07 Å². The van der Waals surface area contributed by atoms with Crippen LogP contribution in [0.15, 0.2) is 12.3 Å². The Labute approximate surface area is 145 Å². The van der Waals surface area contributed by atoms with Crippen molar-refractivity contribution in [1.29, 1.82) is 0 Å². The average molecular weight is 392 g/mol. The number of aromatic nitrogens is 1. The van der Waals surface area contributed by atoms with Crippen LogP contribution in [-0.4, -0.2) is 10.1 Å². The number of hydrogen-bond donors (Lipinski definition) is 1. The summed E-state index contributed by atoms with van der Waals surface area (Å²) in [4.78, 5) is 4.02. The second kappa shape index (κ2) is 6.45. The summed E-state index contributed by atoms with van der Waals surface area (Å²) in [6.07, 6.45) is 1.40. The smallest absolute Gasteiger partial charge is 0.0859 e. The van der Waals surface area contributed by atoms with Gasteiger partial charge in [0.05, 0.1) is 42.4 Å². The molecule has 2 aromatic rings. The number of pyridine rings is 1. The molecular weight excluding hydrogens is 387 g/mol. The number of aliphatic hydroxyl groups is 1. The molecule has 1 aromatic heterocycles. The minimum atomic E-state index is -0.322. The molecule has 0 saturated carbocycles. The van der Waals surface area contributed by atoms with Crippen molar-refractivity contribution in [3.05, 3.63) is 48.1 Å². The van der Waals surface area contributed by atoms with Crippen molar-refractivity contribution in [2.24, 2.45) is 0 Å². The summed E-state index contributed by atoms with van der Waals surface area (Å²) in [7, 11) is 0. The van der Waals surface area contributed by atoms with E-state index < -0.39 is 0 Å². The predicted octanol–water partition coefficient (Wildman–Crippen LogP) is 6.16. The molecule has 0 fully saturated rings. The molecule has 0 aliphatic rings. The molecule has 0 aliphatic heterocycles. The Kier molecular flexibility index (Phi) is 5.30. The lowest BCUT2D eigenvalue weighted by atomic mass is 10.0. The quantitative estimate of drug-likeness (QED) is 0.491. The van der Waals surface area contributed by atoms with Crippen LogP contribution >= 0.6 is 69.6 Å². The van der Waals surface area contributed by atoms with Gasteiger partial charge in [-0.25, -0.2) is 0 Å². The summed E-state index contributed by atoms with van der Waals surface area (Å²) in [6.45, 7) is -0.322. The minimum absolute atomic E-state index is 0.0626. The molecule has 1 N–H and O–H groups in total. The van der Waals surface area contributed by atoms with Gasteiger partial charge in [0.15, 0.2) is 0 Å². The van der Waals surface area contributed by atoms with Crippen LogP contribution < -0.4 is 0 Å². The summed E-state index contributed by atoms with van der Waals surface area (Å²) >= 11 is 36.2. The SMILES string of the molecule is OCc1ncc(Cl)cc1-c1c(Cl)c(Cl)c(Cl)c(Cl)c1Cl. The molecule has 1 heterocycles. The van der Waals surface area contributed by atoms with Crippen LogP contribution in [0.25, 0.3) is 11.1 Å². The molecule has 0 bridgehead atoms. The molecule has 0 spiro atoms. The van der Waals surface area contributed by atoms with Crippen LogP contribution in [0.1, 0.15) is 5.69 Å². The monoisotopic (exact) mass is 389 g/mol. The van der Waals surface area contributed by atoms with Gasteiger partial charge in [0.25, 0.3) is 0 Å². The molecular formula is C12H5Cl6NO. The van der Waals surface area contributed by atoms with E-state index in [-0.39, 0.29) is 31.7 Å². The van der Waals surface area contributed by atoms with E-state index in [1.165, 1.54) is 6.20 Å². The van der Waals surface area contributed by atoms with Gasteiger partial charge in [0, 0.05) is 17.3 Å². The zero-order valence-corrected chi connectivity index (χ0v) is 14.1. The Morgan fingerprint density at radius 1 is 0.850 bits per heavy atom. The van der Waals surface area contributed by atoms with E-state index in [1.807, 2.05) is 0 Å². The zero-order chi connectivity index (χ0) is 15.0. The molecule has 2 rings (SSSR count). The molecule has 20 heavy (non-hydrogen) atoms. The highest BCUT2D eigenvalue weighted by Crippen LogP contribution is 2.48. The highest BCUT2D eigenvalue weighted by molar-refractivity contribution is 6.56. The number of halogens is 6. The van der Waals surface area contributed by atoms with Crippen molar-refractivity contribution in [2.45, 2.75) is 6.61 Å². The van der Waals surface area contributed by atoms with Crippen LogP contribution in [0.3, 0.4) is 0 Å². The molecule has 0 saturated heterocycles. The first-order valence-electron chi connectivity index (χ1n) is 5.15. The Morgan fingerprint density at radius 3 is 1.85 bits per heavy atom. The van der Waals surface area contributed by atoms with E-state index in [0.29, 0.717) is 21.8 Å². The first kappa shape index (κ1) is 16.4. The molecule has 1 aromatic carbocycles. The largest absolute Gasteiger partial charge is 0.390 e. The van der Waals surface area contributed by atoms with Crippen molar-refractivity contribution in [3.63, 3.8) is 0 Å². The molecule has 106 valence electrons. The lowest BCUT2D eigenvalue weighted by Crippen LogP contribution is -1.96. The molecule has 0 unspecified atom stereocenters. The topological polar surface area (TPSA) is 33.1 Å². The number of benzene rings is 1. The third-order valence-electron chi connectivity index (χ3n) is 2.57. The van der Waals surface area contributed by atoms with E-state index in [9.17, 15) is 5.11 Å². The second-order valence-electron chi connectivity index (χ2n) is 3.75. The number of aliphatic hydroxyl groups excluding tert-OH is 1. The summed E-state index contributed by atoms with van der Waals surface area (Å²) in [5, 5.41) is 10.2. The fourth-order valence-corrected chi connectivity index (χ4v) is 3.15. The molecule has 0 atom stereocenters. The Morgan fingerprint density at radius 2 is 1.35 bits per heavy atom. The van der Waals surface area contributed by atoms with E-state index >= 15 is 0 Å². The van der Waals surface area contributed by atoms with E-state index in [4.69, 9.17) is 69.6 Å². The van der Waals surface area contributed by atoms with E-state index in [2.05, 4.69) is 4.98 Å². The van der Waals surface area contributed by atoms with E-state index in [0.717, 1.165) is 0 Å². The van der Waals surface area contributed by atoms with Crippen LogP contribution in [0.5, 0.6) is 0 Å². The second-order valence-corrected chi connectivity index (χ2v) is 6.08. The summed E-state index contributed by atoms with van der Waals surface area (Å²) in [6, 6.07) is 1.56. The van der Waals surface area contributed by atoms with Crippen LogP contribution in [0.4, 0.5) is 0 Å². The molecule has 0 aliphatic carbocycles. The van der Waals surface area contributed by atoms with Crippen molar-refractivity contribution >= 4 is 69.6 Å². The molecule has 0 radical (unpaired) electrons. The summed E-state index contributed by atoms with van der Waals surface area (Å²) in [5.74, 6) is 0. The highest BCUT2D eigenvalue weighted by atomic mass is 35.5. The summed E-state index contributed by atoms with van der Waals surface area (Å²) in [5.41, 5.74) is 1.11. The third kappa shape index (κ3) is 2.84. The van der Waals surface area contributed by atoms with Crippen molar-refractivity contribution in [3.8, 4) is 11.1 Å². The van der Waals surface area contributed by atoms with Crippen LogP contribution in [0, 0.1) is 0 Å². The van der Waals surface area contributed by atoms with Gasteiger partial charge in [-0.1, -0.05) is 69.6 Å². The van der Waals surface area contributed by atoms with Gasteiger partial charge in [0.2, 0.25) is 0 Å². The molecule has 8 heteroatoms. The van der Waals surface area contributed by atoms with Crippen LogP contribution in [0.2, 0.25) is 30.1 Å². The van der Waals surface area contributed by atoms with Gasteiger partial charge < -0.3 is 5.11 Å². The third-order valence-corrected chi connectivity index (χ3v) is 5.05. The predicted molar refractivity (Wildman–Crippen MR) is 85.7 cm³/mol. The fourth-order valence-electron chi connectivity index (χ4n) is 1.65. The molecule has 0 amide bonds. The fraction of sp³-hybridized carbons (Fsp3) is 0.0833. The molecule has 2 nitrogen and oxygen atoms in total. The maximum atomic E-state index is 9.36. The average Bonchev–Trinajstić information content (AvgIpc) is 2.43. The van der Waals surface area contributed by atoms with Gasteiger partial charge in [-0.2, -0.15) is 0 Å². The Balaban J connectivity index is 2.86. The lowest BCUT2D eigenvalue weighted by Gasteiger charge is -2.14. The minimum Gasteiger partial charge on any atom is -0.390 e. The number of rotatable bonds is 2. The maximum Gasteiger partial charge on any atom is 0.0859 e. The van der Waals surface area contributed by atoms with Gasteiger partial charge in [-0.15, -0.1) is 0 Å². The Bertz CT molecular complexity index is 659. The summed E-state index contributed by atoms with van der Waals surface area (Å²) < 4.78 is 0. The zero-order valence-electron chi connectivity index (χ0n) is 9.52. The van der Waals surface area contributed by atoms with Gasteiger partial charge in [-0.3, -0.25) is 4.98 Å². The Hall–Kier alpha value is 0.0700. The van der Waals surface area contributed by atoms with Crippen molar-refractivity contribution < 1.29 is 5.11 Å². The maximum absolute atomic E-state index is 9.36. The van der Waals surface area contributed by atoms with Gasteiger partial charge in [-0.05, 0) is 6.07 Å². The van der Waals surface area contributed by atoms with Gasteiger partial charge in [0.1, 0.15) is 0 Å². The number of hydrogen-bond acceptors (Lipinski definition) is 2. The normalized spacial score (nSPS) is 10.9. The lowest BCUT2D eigenvalue weighted by molar-refractivity contribution is 0.277. The standard InChI is InChI=1S/C12H5Cl6NO/c13-4-1-5(6(3-20)19-2-4)7-8(14)10(16)12(18)11(17)9(7)15/h1-2,20H,3H2. The van der Waals surface area contributed by atoms with Gasteiger partial charge >= 0.3 is 0 Å².